The molecule has 1 aromatic carbocycles. The van der Waals surface area contributed by atoms with Crippen molar-refractivity contribution in [3.63, 3.8) is 0 Å². The highest BCUT2D eigenvalue weighted by Gasteiger charge is 2.31. The first-order valence-corrected chi connectivity index (χ1v) is 9.34. The Kier molecular flexibility index (Phi) is 3.96. The number of rotatable bonds is 4. The lowest BCUT2D eigenvalue weighted by Gasteiger charge is -2.16. The highest BCUT2D eigenvalue weighted by molar-refractivity contribution is 7.16. The van der Waals surface area contributed by atoms with Gasteiger partial charge in [-0.3, -0.25) is 9.48 Å². The first-order valence-electron chi connectivity index (χ1n) is 8.53. The zero-order valence-electron chi connectivity index (χ0n) is 14.6. The van der Waals surface area contributed by atoms with E-state index in [1.54, 1.807) is 0 Å². The van der Waals surface area contributed by atoms with Gasteiger partial charge in [-0.25, -0.2) is 0 Å². The molecule has 25 heavy (non-hydrogen) atoms. The predicted octanol–water partition coefficient (Wildman–Crippen LogP) is 4.94. The van der Waals surface area contributed by atoms with Crippen molar-refractivity contribution in [2.75, 3.05) is 0 Å². The normalized spacial score (nSPS) is 12.6. The predicted molar refractivity (Wildman–Crippen MR) is 99.8 cm³/mol. The standard InChI is InChI=1S/C20H20N2O2S/c1-4-16(23)19-15-10-7-13-11-21-22(3)18(13)17(15)20(25-19)24-14-8-5-12(2)6-9-14/h5-6,8-9,11H,4,7,10H2,1-3H3. The summed E-state index contributed by atoms with van der Waals surface area (Å²) in [5.74, 6) is 0.977. The summed E-state index contributed by atoms with van der Waals surface area (Å²) < 4.78 is 8.10. The van der Waals surface area contributed by atoms with Crippen molar-refractivity contribution in [1.82, 2.24) is 9.78 Å². The lowest BCUT2D eigenvalue weighted by atomic mass is 9.91. The summed E-state index contributed by atoms with van der Waals surface area (Å²) in [6, 6.07) is 8.00. The smallest absolute Gasteiger partial charge is 0.191 e. The molecule has 3 aromatic rings. The molecule has 0 amide bonds. The van der Waals surface area contributed by atoms with Gasteiger partial charge >= 0.3 is 0 Å². The Balaban J connectivity index is 1.87. The molecule has 0 aliphatic heterocycles. The number of carbonyl (C=O) groups is 1. The Morgan fingerprint density at radius 1 is 1.28 bits per heavy atom. The van der Waals surface area contributed by atoms with E-state index >= 15 is 0 Å². The maximum absolute atomic E-state index is 12.5. The summed E-state index contributed by atoms with van der Waals surface area (Å²) >= 11 is 1.47. The first kappa shape index (κ1) is 16.1. The Labute approximate surface area is 151 Å². The van der Waals surface area contributed by atoms with Crippen molar-refractivity contribution in [2.45, 2.75) is 33.1 Å². The monoisotopic (exact) mass is 352 g/mol. The highest BCUT2D eigenvalue weighted by atomic mass is 32.1. The molecule has 0 bridgehead atoms. The molecular formula is C20H20N2O2S. The summed E-state index contributed by atoms with van der Waals surface area (Å²) in [7, 11) is 1.95. The average Bonchev–Trinajstić information content (AvgIpc) is 3.17. The van der Waals surface area contributed by atoms with E-state index in [4.69, 9.17) is 4.74 Å². The molecule has 0 spiro atoms. The van der Waals surface area contributed by atoms with E-state index in [1.165, 1.54) is 22.5 Å². The number of thiophene rings is 1. The van der Waals surface area contributed by atoms with Gasteiger partial charge in [-0.05, 0) is 43.0 Å². The van der Waals surface area contributed by atoms with Crippen LogP contribution in [0.4, 0.5) is 0 Å². The van der Waals surface area contributed by atoms with E-state index in [2.05, 4.69) is 12.0 Å². The van der Waals surface area contributed by atoms with Crippen molar-refractivity contribution in [3.8, 4) is 22.1 Å². The fourth-order valence-electron chi connectivity index (χ4n) is 3.34. The van der Waals surface area contributed by atoms with Gasteiger partial charge < -0.3 is 4.74 Å². The molecular weight excluding hydrogens is 332 g/mol. The molecule has 0 atom stereocenters. The highest BCUT2D eigenvalue weighted by Crippen LogP contribution is 2.48. The number of hydrogen-bond acceptors (Lipinski definition) is 4. The fourth-order valence-corrected chi connectivity index (χ4v) is 4.57. The number of fused-ring (bicyclic) bond motifs is 3. The largest absolute Gasteiger partial charge is 0.446 e. The first-order chi connectivity index (χ1) is 12.1. The molecule has 4 rings (SSSR count). The molecule has 1 aliphatic carbocycles. The molecule has 2 heterocycles. The minimum Gasteiger partial charge on any atom is -0.446 e. The summed E-state index contributed by atoms with van der Waals surface area (Å²) in [5, 5.41) is 5.20. The van der Waals surface area contributed by atoms with Crippen LogP contribution in [-0.2, 0) is 19.9 Å². The lowest BCUT2D eigenvalue weighted by Crippen LogP contribution is -2.08. The topological polar surface area (TPSA) is 44.1 Å². The van der Waals surface area contributed by atoms with E-state index in [-0.39, 0.29) is 5.78 Å². The summed E-state index contributed by atoms with van der Waals surface area (Å²) in [6.07, 6.45) is 4.21. The number of carbonyl (C=O) groups excluding carboxylic acids is 1. The van der Waals surface area contributed by atoms with Crippen LogP contribution >= 0.6 is 11.3 Å². The fraction of sp³-hybridized carbons (Fsp3) is 0.300. The van der Waals surface area contributed by atoms with Crippen LogP contribution < -0.4 is 4.74 Å². The van der Waals surface area contributed by atoms with Crippen LogP contribution in [0.1, 0.15) is 39.7 Å². The van der Waals surface area contributed by atoms with Crippen LogP contribution in [0.2, 0.25) is 0 Å². The molecule has 2 aromatic heterocycles. The van der Waals surface area contributed by atoms with Crippen molar-refractivity contribution < 1.29 is 9.53 Å². The second-order valence-electron chi connectivity index (χ2n) is 6.41. The number of hydrogen-bond donors (Lipinski definition) is 0. The zero-order valence-corrected chi connectivity index (χ0v) is 15.4. The molecule has 0 unspecified atom stereocenters. The molecule has 0 N–H and O–H groups in total. The van der Waals surface area contributed by atoms with Crippen molar-refractivity contribution in [2.24, 2.45) is 7.05 Å². The maximum Gasteiger partial charge on any atom is 0.191 e. The van der Waals surface area contributed by atoms with Crippen LogP contribution in [0, 0.1) is 6.92 Å². The molecule has 1 aliphatic rings. The number of ether oxygens (including phenoxy) is 1. The van der Waals surface area contributed by atoms with E-state index < -0.39 is 0 Å². The van der Waals surface area contributed by atoms with Gasteiger partial charge in [0.15, 0.2) is 10.8 Å². The SMILES string of the molecule is CCC(=O)c1sc(Oc2ccc(C)cc2)c2c1CCc1cnn(C)c1-2. The van der Waals surface area contributed by atoms with Gasteiger partial charge in [0.2, 0.25) is 0 Å². The maximum atomic E-state index is 12.5. The molecule has 0 saturated heterocycles. The third-order valence-electron chi connectivity index (χ3n) is 4.68. The van der Waals surface area contributed by atoms with E-state index in [0.717, 1.165) is 45.4 Å². The number of ketones is 1. The van der Waals surface area contributed by atoms with Crippen LogP contribution in [0.5, 0.6) is 10.8 Å². The van der Waals surface area contributed by atoms with Crippen LogP contribution in [0.3, 0.4) is 0 Å². The Morgan fingerprint density at radius 3 is 2.76 bits per heavy atom. The molecule has 0 saturated carbocycles. The molecule has 128 valence electrons. The van der Waals surface area contributed by atoms with Gasteiger partial charge in [0, 0.05) is 13.5 Å². The molecule has 4 nitrogen and oxygen atoms in total. The van der Waals surface area contributed by atoms with Crippen LogP contribution in [0.25, 0.3) is 11.3 Å². The van der Waals surface area contributed by atoms with Crippen molar-refractivity contribution >= 4 is 17.1 Å². The quantitative estimate of drug-likeness (QED) is 0.625. The molecule has 0 fully saturated rings. The minimum atomic E-state index is 0.186. The number of aryl methyl sites for hydroxylation is 3. The van der Waals surface area contributed by atoms with Gasteiger partial charge in [-0.1, -0.05) is 36.0 Å². The van der Waals surface area contributed by atoms with Gasteiger partial charge in [0.25, 0.3) is 0 Å². The minimum absolute atomic E-state index is 0.186. The van der Waals surface area contributed by atoms with Crippen molar-refractivity contribution in [1.29, 1.82) is 0 Å². The molecule has 0 radical (unpaired) electrons. The van der Waals surface area contributed by atoms with E-state index in [1.807, 2.05) is 49.1 Å². The second kappa shape index (κ2) is 6.15. The van der Waals surface area contributed by atoms with Gasteiger partial charge in [0.1, 0.15) is 5.75 Å². The summed E-state index contributed by atoms with van der Waals surface area (Å²) in [5.41, 5.74) is 5.65. The van der Waals surface area contributed by atoms with E-state index in [9.17, 15) is 4.79 Å². The number of nitrogens with zero attached hydrogens (tertiary/aromatic N) is 2. The van der Waals surface area contributed by atoms with Gasteiger partial charge in [0.05, 0.1) is 22.3 Å². The average molecular weight is 352 g/mol. The molecule has 5 heteroatoms. The number of Topliss-reactive ketones (excluding diaryl/α,β-unsaturated/α-hetero) is 1. The summed E-state index contributed by atoms with van der Waals surface area (Å²) in [6.45, 7) is 3.96. The third-order valence-corrected chi connectivity index (χ3v) is 5.83. The summed E-state index contributed by atoms with van der Waals surface area (Å²) in [4.78, 5) is 13.3. The van der Waals surface area contributed by atoms with Gasteiger partial charge in [-0.2, -0.15) is 5.10 Å². The van der Waals surface area contributed by atoms with Gasteiger partial charge in [-0.15, -0.1) is 0 Å². The zero-order chi connectivity index (χ0) is 17.6. The lowest BCUT2D eigenvalue weighted by molar-refractivity contribution is 0.0991. The Morgan fingerprint density at radius 2 is 2.04 bits per heavy atom. The van der Waals surface area contributed by atoms with E-state index in [0.29, 0.717) is 6.42 Å². The van der Waals surface area contributed by atoms with Crippen molar-refractivity contribution in [3.05, 3.63) is 52.0 Å². The Bertz CT molecular complexity index is 951. The van der Waals surface area contributed by atoms with Crippen LogP contribution in [0.15, 0.2) is 30.5 Å². The number of benzene rings is 1. The second-order valence-corrected chi connectivity index (χ2v) is 7.39. The third kappa shape index (κ3) is 2.68. The number of aromatic nitrogens is 2. The Hall–Kier alpha value is -2.40. The van der Waals surface area contributed by atoms with Crippen LogP contribution in [-0.4, -0.2) is 15.6 Å².